The predicted molar refractivity (Wildman–Crippen MR) is 138 cm³/mol. The van der Waals surface area contributed by atoms with Gasteiger partial charge in [0, 0.05) is 32.2 Å². The van der Waals surface area contributed by atoms with E-state index >= 15 is 0 Å². The Morgan fingerprint density at radius 2 is 1.58 bits per heavy atom. The van der Waals surface area contributed by atoms with Crippen LogP contribution in [0.5, 0.6) is 0 Å². The maximum Gasteiger partial charge on any atom is 0.242 e. The van der Waals surface area contributed by atoms with E-state index in [9.17, 15) is 0 Å². The number of thioether (sulfide) groups is 1. The van der Waals surface area contributed by atoms with Gasteiger partial charge in [0.05, 0.1) is 5.69 Å². The first-order valence-electron chi connectivity index (χ1n) is 10.9. The molecule has 0 amide bonds. The minimum Gasteiger partial charge on any atom is -0.360 e. The first-order chi connectivity index (χ1) is 16.2. The Morgan fingerprint density at radius 1 is 0.848 bits per heavy atom. The van der Waals surface area contributed by atoms with Gasteiger partial charge in [-0.2, -0.15) is 0 Å². The maximum absolute atomic E-state index is 6.51. The number of benzene rings is 4. The van der Waals surface area contributed by atoms with Crippen molar-refractivity contribution >= 4 is 39.2 Å². The van der Waals surface area contributed by atoms with E-state index in [0.29, 0.717) is 0 Å². The number of halogens is 1. The SMILES string of the molecule is Brc1cccc(C2=NO[C@]3(c4ccccc4)C[C@H](c4ccccc4)Sc4ccccc4N23)c1. The highest BCUT2D eigenvalue weighted by atomic mass is 79.9. The van der Waals surface area contributed by atoms with Gasteiger partial charge in [-0.05, 0) is 29.8 Å². The Balaban J connectivity index is 1.58. The second kappa shape index (κ2) is 8.40. The lowest BCUT2D eigenvalue weighted by atomic mass is 9.92. The van der Waals surface area contributed by atoms with Gasteiger partial charge in [-0.25, -0.2) is 0 Å². The molecule has 2 aliphatic heterocycles. The molecule has 0 spiro atoms. The average molecular weight is 513 g/mol. The van der Waals surface area contributed by atoms with Crippen molar-refractivity contribution in [2.75, 3.05) is 4.90 Å². The predicted octanol–water partition coefficient (Wildman–Crippen LogP) is 7.74. The van der Waals surface area contributed by atoms with Crippen molar-refractivity contribution in [3.05, 3.63) is 130 Å². The van der Waals surface area contributed by atoms with E-state index in [2.05, 4.69) is 112 Å². The Bertz CT molecular complexity index is 1330. The molecule has 0 N–H and O–H groups in total. The topological polar surface area (TPSA) is 24.8 Å². The summed E-state index contributed by atoms with van der Waals surface area (Å²) in [5.74, 6) is 0.821. The lowest BCUT2D eigenvalue weighted by Crippen LogP contribution is -2.47. The molecule has 3 nitrogen and oxygen atoms in total. The summed E-state index contributed by atoms with van der Waals surface area (Å²) < 4.78 is 1.01. The van der Waals surface area contributed by atoms with Crippen molar-refractivity contribution in [1.82, 2.24) is 0 Å². The third-order valence-corrected chi connectivity index (χ3v) is 7.99. The largest absolute Gasteiger partial charge is 0.360 e. The third-order valence-electron chi connectivity index (χ3n) is 6.17. The molecule has 2 aliphatic rings. The molecule has 5 heteroatoms. The van der Waals surface area contributed by atoms with E-state index in [4.69, 9.17) is 9.99 Å². The first-order valence-corrected chi connectivity index (χ1v) is 12.6. The van der Waals surface area contributed by atoms with Gasteiger partial charge >= 0.3 is 0 Å². The van der Waals surface area contributed by atoms with Crippen LogP contribution in [0.4, 0.5) is 5.69 Å². The van der Waals surface area contributed by atoms with Crippen LogP contribution < -0.4 is 4.90 Å². The van der Waals surface area contributed by atoms with Gasteiger partial charge in [-0.15, -0.1) is 11.8 Å². The average Bonchev–Trinajstić information content (AvgIpc) is 3.18. The zero-order valence-corrected chi connectivity index (χ0v) is 20.2. The normalized spacial score (nSPS) is 21.4. The molecule has 0 aliphatic carbocycles. The van der Waals surface area contributed by atoms with Crippen LogP contribution in [0.15, 0.2) is 124 Å². The molecule has 4 aromatic rings. The number of hydrogen-bond acceptors (Lipinski definition) is 4. The van der Waals surface area contributed by atoms with Gasteiger partial charge < -0.3 is 4.84 Å². The number of nitrogens with zero attached hydrogens (tertiary/aromatic N) is 2. The lowest BCUT2D eigenvalue weighted by molar-refractivity contribution is -0.0283. The Kier molecular flexibility index (Phi) is 5.24. The summed E-state index contributed by atoms with van der Waals surface area (Å²) in [6, 6.07) is 38.0. The van der Waals surface area contributed by atoms with Crippen molar-refractivity contribution in [2.45, 2.75) is 22.3 Å². The van der Waals surface area contributed by atoms with Crippen molar-refractivity contribution < 1.29 is 4.84 Å². The fraction of sp³-hybridized carbons (Fsp3) is 0.107. The number of fused-ring (bicyclic) bond motifs is 3. The molecule has 0 saturated carbocycles. The number of para-hydroxylation sites is 1. The van der Waals surface area contributed by atoms with Crippen molar-refractivity contribution in [1.29, 1.82) is 0 Å². The van der Waals surface area contributed by atoms with Gasteiger partial charge in [0.1, 0.15) is 0 Å². The minimum absolute atomic E-state index is 0.203. The summed E-state index contributed by atoms with van der Waals surface area (Å²) in [4.78, 5) is 10.0. The molecule has 0 radical (unpaired) electrons. The minimum atomic E-state index is -0.751. The molecule has 33 heavy (non-hydrogen) atoms. The van der Waals surface area contributed by atoms with Crippen molar-refractivity contribution in [3.63, 3.8) is 0 Å². The van der Waals surface area contributed by atoms with Crippen LogP contribution >= 0.6 is 27.7 Å². The first kappa shape index (κ1) is 20.6. The van der Waals surface area contributed by atoms with Crippen LogP contribution in [-0.4, -0.2) is 5.84 Å². The molecule has 4 aromatic carbocycles. The molecule has 0 saturated heterocycles. The Morgan fingerprint density at radius 3 is 2.36 bits per heavy atom. The van der Waals surface area contributed by atoms with E-state index in [1.165, 1.54) is 10.5 Å². The van der Waals surface area contributed by atoms with E-state index in [1.807, 2.05) is 30.0 Å². The Labute approximate surface area is 206 Å². The molecule has 0 bridgehead atoms. The fourth-order valence-electron chi connectivity index (χ4n) is 4.66. The summed E-state index contributed by atoms with van der Waals surface area (Å²) in [6.45, 7) is 0. The lowest BCUT2D eigenvalue weighted by Gasteiger charge is -2.37. The number of rotatable bonds is 3. The Hall–Kier alpha value is -3.02. The number of oxime groups is 1. The van der Waals surface area contributed by atoms with Crippen molar-refractivity contribution in [3.8, 4) is 0 Å². The zero-order valence-electron chi connectivity index (χ0n) is 17.8. The van der Waals surface area contributed by atoms with Crippen LogP contribution in [0.3, 0.4) is 0 Å². The molecule has 0 fully saturated rings. The van der Waals surface area contributed by atoms with Gasteiger partial charge in [0.15, 0.2) is 5.84 Å². The number of hydrogen-bond donors (Lipinski definition) is 0. The van der Waals surface area contributed by atoms with Crippen LogP contribution in [0, 0.1) is 0 Å². The molecule has 6 rings (SSSR count). The van der Waals surface area contributed by atoms with Crippen LogP contribution in [0.25, 0.3) is 0 Å². The smallest absolute Gasteiger partial charge is 0.242 e. The highest BCUT2D eigenvalue weighted by molar-refractivity contribution is 9.10. The summed E-state index contributed by atoms with van der Waals surface area (Å²) in [6.07, 6.45) is 0.751. The summed E-state index contributed by atoms with van der Waals surface area (Å²) >= 11 is 5.52. The summed E-state index contributed by atoms with van der Waals surface area (Å²) in [7, 11) is 0. The van der Waals surface area contributed by atoms with Crippen molar-refractivity contribution in [2.24, 2.45) is 5.16 Å². The number of amidine groups is 1. The molecule has 2 atom stereocenters. The van der Waals surface area contributed by atoms with Crippen LogP contribution in [0.1, 0.15) is 28.4 Å². The third kappa shape index (κ3) is 3.56. The zero-order chi connectivity index (χ0) is 22.3. The summed E-state index contributed by atoms with van der Waals surface area (Å²) in [5, 5.41) is 4.92. The van der Waals surface area contributed by atoms with Gasteiger partial charge in [-0.3, -0.25) is 4.90 Å². The fourth-order valence-corrected chi connectivity index (χ4v) is 6.40. The standard InChI is InChI=1S/C28H21BrN2OS/c29-23-15-9-12-21(18-23)27-30-32-28(22-13-5-2-6-14-22)19-26(20-10-3-1-4-11-20)33-25-17-8-7-16-24(25)31(27)28/h1-18,26H,19H2/t26-,28+/m1/s1. The maximum atomic E-state index is 6.51. The van der Waals surface area contributed by atoms with Gasteiger partial charge in [0.2, 0.25) is 5.72 Å². The quantitative estimate of drug-likeness (QED) is 0.280. The second-order valence-electron chi connectivity index (χ2n) is 8.19. The molecular weight excluding hydrogens is 492 g/mol. The molecule has 2 heterocycles. The monoisotopic (exact) mass is 512 g/mol. The number of anilines is 1. The second-order valence-corrected chi connectivity index (χ2v) is 10.4. The van der Waals surface area contributed by atoms with Crippen LogP contribution in [0.2, 0.25) is 0 Å². The molecular formula is C28H21BrN2OS. The van der Waals surface area contributed by atoms with Crippen LogP contribution in [-0.2, 0) is 10.6 Å². The van der Waals surface area contributed by atoms with E-state index in [0.717, 1.165) is 33.5 Å². The highest BCUT2D eigenvalue weighted by Gasteiger charge is 2.52. The van der Waals surface area contributed by atoms with Gasteiger partial charge in [0.25, 0.3) is 0 Å². The van der Waals surface area contributed by atoms with E-state index < -0.39 is 5.72 Å². The highest BCUT2D eigenvalue weighted by Crippen LogP contribution is 2.56. The van der Waals surface area contributed by atoms with Gasteiger partial charge in [-0.1, -0.05) is 106 Å². The molecule has 162 valence electrons. The summed E-state index contributed by atoms with van der Waals surface area (Å²) in [5.41, 5.74) is 3.76. The molecule has 0 aromatic heterocycles. The van der Waals surface area contributed by atoms with E-state index in [1.54, 1.807) is 0 Å². The van der Waals surface area contributed by atoms with E-state index in [-0.39, 0.29) is 5.25 Å². The molecule has 0 unspecified atom stereocenters.